The van der Waals surface area contributed by atoms with Crippen LogP contribution in [0.25, 0.3) is 0 Å². The maximum absolute atomic E-state index is 13.0. The molecule has 1 aromatic carbocycles. The van der Waals surface area contributed by atoms with Crippen LogP contribution >= 0.6 is 0 Å². The van der Waals surface area contributed by atoms with Crippen LogP contribution in [-0.2, 0) is 9.84 Å². The third kappa shape index (κ3) is 2.39. The van der Waals surface area contributed by atoms with Crippen LogP contribution in [0.2, 0.25) is 18.1 Å². The van der Waals surface area contributed by atoms with Crippen molar-refractivity contribution >= 4 is 14.2 Å². The van der Waals surface area contributed by atoms with Crippen molar-refractivity contribution < 1.29 is 18.7 Å². The van der Waals surface area contributed by atoms with Gasteiger partial charge in [-0.1, -0.05) is 33.8 Å². The highest BCUT2D eigenvalue weighted by Crippen LogP contribution is 2.63. The van der Waals surface area contributed by atoms with E-state index in [9.17, 15) is 4.79 Å². The van der Waals surface area contributed by atoms with Crippen LogP contribution in [0.4, 0.5) is 0 Å². The molecule has 1 amide bonds. The molecule has 156 valence electrons. The van der Waals surface area contributed by atoms with Crippen molar-refractivity contribution in [2.45, 2.75) is 75.7 Å². The van der Waals surface area contributed by atoms with Gasteiger partial charge in [0.25, 0.3) is 5.91 Å². The number of carbonyl (C=O) groups excluding carboxylic acids is 1. The lowest BCUT2D eigenvalue weighted by atomic mass is 9.43. The molecule has 4 aliphatic rings. The van der Waals surface area contributed by atoms with Gasteiger partial charge in [0.2, 0.25) is 6.79 Å². The molecule has 5 nitrogen and oxygen atoms in total. The number of carbonyl (C=O) groups is 1. The van der Waals surface area contributed by atoms with Crippen molar-refractivity contribution in [2.75, 3.05) is 6.79 Å². The van der Waals surface area contributed by atoms with Gasteiger partial charge in [0.15, 0.2) is 19.8 Å². The molecular weight excluding hydrogens is 382 g/mol. The van der Waals surface area contributed by atoms with Crippen molar-refractivity contribution in [3.63, 3.8) is 0 Å². The Labute approximate surface area is 173 Å². The lowest BCUT2D eigenvalue weighted by molar-refractivity contribution is -0.0388. The molecular formula is C23H31NO4Si. The minimum Gasteiger partial charge on any atom is -0.454 e. The zero-order chi connectivity index (χ0) is 20.8. The average molecular weight is 414 g/mol. The summed E-state index contributed by atoms with van der Waals surface area (Å²) in [6, 6.07) is 3.84. The summed E-state index contributed by atoms with van der Waals surface area (Å²) in [7, 11) is -1.99. The fourth-order valence-electron chi connectivity index (χ4n) is 5.61. The van der Waals surface area contributed by atoms with Crippen LogP contribution in [0.15, 0.2) is 24.3 Å². The zero-order valence-corrected chi connectivity index (χ0v) is 19.1. The predicted molar refractivity (Wildman–Crippen MR) is 114 cm³/mol. The Bertz CT molecular complexity index is 918. The van der Waals surface area contributed by atoms with Crippen LogP contribution in [-0.4, -0.2) is 33.2 Å². The topological polar surface area (TPSA) is 56.8 Å². The van der Waals surface area contributed by atoms with Crippen LogP contribution in [0.5, 0.6) is 11.5 Å². The minimum atomic E-state index is -1.99. The number of ether oxygens (including phenoxy) is 2. The number of amides is 1. The number of benzene rings is 1. The summed E-state index contributed by atoms with van der Waals surface area (Å²) >= 11 is 0. The van der Waals surface area contributed by atoms with E-state index in [4.69, 9.17) is 13.9 Å². The molecule has 0 saturated heterocycles. The summed E-state index contributed by atoms with van der Waals surface area (Å²) in [6.07, 6.45) is 3.30. The summed E-state index contributed by atoms with van der Waals surface area (Å²) in [5.41, 5.74) is 2.66. The lowest BCUT2D eigenvalue weighted by Gasteiger charge is -2.66. The number of hydrogen-bond acceptors (Lipinski definition) is 4. The molecule has 5 rings (SSSR count). The fraction of sp³-hybridized carbons (Fsp3) is 0.609. The van der Waals surface area contributed by atoms with Crippen molar-refractivity contribution in [3.05, 3.63) is 35.4 Å². The second-order valence-corrected chi connectivity index (χ2v) is 15.3. The zero-order valence-electron chi connectivity index (χ0n) is 18.1. The second-order valence-electron chi connectivity index (χ2n) is 10.5. The molecule has 2 heterocycles. The van der Waals surface area contributed by atoms with E-state index in [1.165, 1.54) is 0 Å². The first-order valence-electron chi connectivity index (χ1n) is 10.7. The van der Waals surface area contributed by atoms with Crippen molar-refractivity contribution in [3.8, 4) is 11.5 Å². The smallest absolute Gasteiger partial charge is 0.252 e. The Kier molecular flexibility index (Phi) is 3.89. The Morgan fingerprint density at radius 2 is 1.90 bits per heavy atom. The van der Waals surface area contributed by atoms with Gasteiger partial charge in [-0.25, -0.2) is 0 Å². The molecule has 0 aromatic heterocycles. The maximum Gasteiger partial charge on any atom is 0.252 e. The standard InChI is InChI=1S/C23H31NO4Si/c1-13-15-8-7-9-19(28-29(5,6)22(2,3)4)23(15)16-11-18-17(26-12-27-18)10-14(16)21(25)24-20(13)23/h10-11,15,19-20H,1,7-9,12H2,2-6H3,(H,24,25)/t15-,19-,20-,23-/m1/s1. The van der Waals surface area contributed by atoms with Crippen molar-refractivity contribution in [1.82, 2.24) is 5.32 Å². The quantitative estimate of drug-likeness (QED) is 0.572. The summed E-state index contributed by atoms with van der Waals surface area (Å²) in [5, 5.41) is 3.39. The maximum atomic E-state index is 13.0. The SMILES string of the molecule is C=C1[C@H]2CCC[C@@H](O[Si](C)(C)C(C)(C)C)[C@]23c2cc4c(cc2C(=O)N[C@H]13)OCO4. The highest BCUT2D eigenvalue weighted by molar-refractivity contribution is 6.74. The summed E-state index contributed by atoms with van der Waals surface area (Å²) < 4.78 is 18.3. The third-order valence-electron chi connectivity index (χ3n) is 8.11. The Balaban J connectivity index is 1.67. The molecule has 2 fully saturated rings. The fourth-order valence-corrected chi connectivity index (χ4v) is 6.99. The van der Waals surface area contributed by atoms with E-state index in [-0.39, 0.29) is 35.3 Å². The highest BCUT2D eigenvalue weighted by Gasteiger charge is 2.68. The Morgan fingerprint density at radius 3 is 2.59 bits per heavy atom. The van der Waals surface area contributed by atoms with Gasteiger partial charge in [-0.05, 0) is 60.2 Å². The minimum absolute atomic E-state index is 0.0508. The van der Waals surface area contributed by atoms with Crippen LogP contribution in [0, 0.1) is 5.92 Å². The van der Waals surface area contributed by atoms with Crippen molar-refractivity contribution in [1.29, 1.82) is 0 Å². The molecule has 2 aliphatic carbocycles. The molecule has 2 saturated carbocycles. The number of nitrogens with one attached hydrogen (secondary N) is 1. The van der Waals surface area contributed by atoms with Gasteiger partial charge >= 0.3 is 0 Å². The normalized spacial score (nSPS) is 32.7. The number of hydrogen-bond donors (Lipinski definition) is 1. The predicted octanol–water partition coefficient (Wildman–Crippen LogP) is 4.53. The summed E-state index contributed by atoms with van der Waals surface area (Å²) in [4.78, 5) is 13.0. The first-order valence-corrected chi connectivity index (χ1v) is 13.6. The van der Waals surface area contributed by atoms with E-state index < -0.39 is 8.32 Å². The molecule has 2 aliphatic heterocycles. The van der Waals surface area contributed by atoms with E-state index >= 15 is 0 Å². The highest BCUT2D eigenvalue weighted by atomic mass is 28.4. The molecule has 1 spiro atoms. The first-order chi connectivity index (χ1) is 13.6. The van der Waals surface area contributed by atoms with Gasteiger partial charge in [-0.15, -0.1) is 0 Å². The monoisotopic (exact) mass is 413 g/mol. The Morgan fingerprint density at radius 1 is 1.21 bits per heavy atom. The van der Waals surface area contributed by atoms with Gasteiger partial charge in [0, 0.05) is 5.56 Å². The molecule has 4 atom stereocenters. The van der Waals surface area contributed by atoms with Gasteiger partial charge in [-0.3, -0.25) is 4.79 Å². The van der Waals surface area contributed by atoms with Crippen LogP contribution in [0.1, 0.15) is 56.0 Å². The van der Waals surface area contributed by atoms with Crippen LogP contribution in [0.3, 0.4) is 0 Å². The van der Waals surface area contributed by atoms with E-state index in [2.05, 4.69) is 51.8 Å². The van der Waals surface area contributed by atoms with Crippen molar-refractivity contribution in [2.24, 2.45) is 5.92 Å². The van der Waals surface area contributed by atoms with E-state index in [1.54, 1.807) is 0 Å². The number of fused-ring (bicyclic) bond motifs is 2. The number of rotatable bonds is 2. The Hall–Kier alpha value is -1.79. The molecule has 0 bridgehead atoms. The second kappa shape index (κ2) is 5.88. The molecule has 29 heavy (non-hydrogen) atoms. The third-order valence-corrected chi connectivity index (χ3v) is 12.6. The van der Waals surface area contributed by atoms with E-state index in [0.717, 1.165) is 36.1 Å². The van der Waals surface area contributed by atoms with E-state index in [0.29, 0.717) is 17.2 Å². The molecule has 1 N–H and O–H groups in total. The van der Waals surface area contributed by atoms with Gasteiger partial charge in [0.1, 0.15) is 0 Å². The molecule has 0 unspecified atom stereocenters. The summed E-state index contributed by atoms with van der Waals surface area (Å²) in [5.74, 6) is 1.67. The molecule has 0 radical (unpaired) electrons. The van der Waals surface area contributed by atoms with Gasteiger partial charge in [0.05, 0.1) is 17.6 Å². The first kappa shape index (κ1) is 19.2. The molecule has 6 heteroatoms. The van der Waals surface area contributed by atoms with E-state index in [1.807, 2.05) is 6.07 Å². The van der Waals surface area contributed by atoms with Crippen LogP contribution < -0.4 is 14.8 Å². The lowest BCUT2D eigenvalue weighted by Crippen LogP contribution is -2.75. The largest absolute Gasteiger partial charge is 0.454 e. The van der Waals surface area contributed by atoms with Gasteiger partial charge in [-0.2, -0.15) is 0 Å². The molecule has 1 aromatic rings. The summed E-state index contributed by atoms with van der Waals surface area (Å²) in [6.45, 7) is 16.0. The average Bonchev–Trinajstić information content (AvgIpc) is 3.10. The van der Waals surface area contributed by atoms with Gasteiger partial charge < -0.3 is 19.2 Å².